The van der Waals surface area contributed by atoms with Gasteiger partial charge in [0, 0.05) is 18.6 Å². The molecule has 4 aliphatic carbocycles. The van der Waals surface area contributed by atoms with Crippen molar-refractivity contribution in [2.24, 2.45) is 46.3 Å². The average molecular weight is 868 g/mol. The van der Waals surface area contributed by atoms with E-state index in [4.69, 9.17) is 28.4 Å². The highest BCUT2D eigenvalue weighted by molar-refractivity contribution is 5.27. The number of hydrogen-bond donors (Lipinski definition) is 9. The van der Waals surface area contributed by atoms with E-state index in [1.807, 2.05) is 0 Å². The summed E-state index contributed by atoms with van der Waals surface area (Å²) in [5.74, 6) is 4.15. The number of fused-ring (bicyclic) bond motifs is 9. The maximum Gasteiger partial charge on any atom is 0.187 e. The van der Waals surface area contributed by atoms with Crippen LogP contribution in [0.5, 0.6) is 0 Å². The summed E-state index contributed by atoms with van der Waals surface area (Å²) in [5.41, 5.74) is 1.72. The van der Waals surface area contributed by atoms with Crippen molar-refractivity contribution in [2.75, 3.05) is 19.8 Å². The summed E-state index contributed by atoms with van der Waals surface area (Å²) in [6, 6.07) is 1.43. The van der Waals surface area contributed by atoms with Gasteiger partial charge in [0.05, 0.1) is 25.4 Å². The van der Waals surface area contributed by atoms with Crippen molar-refractivity contribution in [3.05, 3.63) is 11.6 Å². The lowest BCUT2D eigenvalue weighted by atomic mass is 9.47. The molecule has 24 unspecified atom stereocenters. The molecule has 0 amide bonds. The fourth-order valence-corrected chi connectivity index (χ4v) is 14.7. The molecule has 61 heavy (non-hydrogen) atoms. The second kappa shape index (κ2) is 17.1. The van der Waals surface area contributed by atoms with Crippen molar-refractivity contribution in [1.29, 1.82) is 0 Å². The van der Waals surface area contributed by atoms with Crippen LogP contribution in [0.1, 0.15) is 92.4 Å². The second-order valence-corrected chi connectivity index (χ2v) is 21.2. The lowest BCUT2D eigenvalue weighted by Crippen LogP contribution is -2.67. The van der Waals surface area contributed by atoms with E-state index in [2.05, 4.69) is 38.7 Å². The molecule has 348 valence electrons. The Kier molecular flexibility index (Phi) is 12.7. The molecule has 0 aromatic carbocycles. The molecule has 0 spiro atoms. The average Bonchev–Trinajstić information content (AvgIpc) is 3.71. The molecule has 9 aliphatic rings. The molecule has 8 fully saturated rings. The first-order chi connectivity index (χ1) is 29.0. The molecule has 26 atom stereocenters. The molecule has 5 saturated heterocycles. The summed E-state index contributed by atoms with van der Waals surface area (Å²) >= 11 is 0. The summed E-state index contributed by atoms with van der Waals surface area (Å²) in [7, 11) is 0. The van der Waals surface area contributed by atoms with E-state index in [1.165, 1.54) is 51.1 Å². The monoisotopic (exact) mass is 867 g/mol. The van der Waals surface area contributed by atoms with E-state index in [9.17, 15) is 46.0 Å². The highest BCUT2D eigenvalue weighted by atomic mass is 16.8. The minimum atomic E-state index is -1.83. The number of hydrogen-bond acceptors (Lipinski definition) is 16. The Labute approximate surface area is 359 Å². The SMILES string of the molecule is CC1CCC2C(C)C3C(CC4C5CC=C6CC(OC7OC(CO)C(O)C(OC8OC(CO)C(O)C(O)C8O)C7OC7OC(C)C(O)C(O)C7O)CC[C@]6(C)C5CC[C@@]43C)N2C1. The Bertz CT molecular complexity index is 1590. The molecule has 9 rings (SSSR count). The Balaban J connectivity index is 0.952. The Morgan fingerprint density at radius 3 is 2.05 bits per heavy atom. The number of aliphatic hydroxyl groups excluding tert-OH is 9. The number of nitrogens with zero attached hydrogens (tertiary/aromatic N) is 1. The lowest BCUT2D eigenvalue weighted by Gasteiger charge is -2.58. The molecule has 5 heterocycles. The van der Waals surface area contributed by atoms with Crippen LogP contribution in [0.3, 0.4) is 0 Å². The van der Waals surface area contributed by atoms with Gasteiger partial charge in [-0.25, -0.2) is 0 Å². The number of rotatable bonds is 8. The first-order valence-electron chi connectivity index (χ1n) is 23.4. The topological polar surface area (TPSA) is 241 Å². The van der Waals surface area contributed by atoms with Crippen LogP contribution in [-0.2, 0) is 28.4 Å². The van der Waals surface area contributed by atoms with E-state index >= 15 is 0 Å². The summed E-state index contributed by atoms with van der Waals surface area (Å²) in [6.07, 6.45) is -11.1. The molecule has 9 N–H and O–H groups in total. The fraction of sp³-hybridized carbons (Fsp3) is 0.956. The first kappa shape index (κ1) is 45.3. The first-order valence-corrected chi connectivity index (χ1v) is 23.4. The largest absolute Gasteiger partial charge is 0.394 e. The maximum atomic E-state index is 11.6. The van der Waals surface area contributed by atoms with E-state index in [0.29, 0.717) is 42.1 Å². The van der Waals surface area contributed by atoms with Crippen molar-refractivity contribution in [3.63, 3.8) is 0 Å². The zero-order valence-electron chi connectivity index (χ0n) is 36.3. The third-order valence-electron chi connectivity index (χ3n) is 18.0. The summed E-state index contributed by atoms with van der Waals surface area (Å²) in [4.78, 5) is 2.94. The van der Waals surface area contributed by atoms with Crippen LogP contribution in [0.4, 0.5) is 0 Å². The van der Waals surface area contributed by atoms with E-state index in [0.717, 1.165) is 36.6 Å². The molecular formula is C45H73NO15. The minimum Gasteiger partial charge on any atom is -0.394 e. The maximum absolute atomic E-state index is 11.6. The highest BCUT2D eigenvalue weighted by Gasteiger charge is 2.66. The van der Waals surface area contributed by atoms with E-state index in [1.54, 1.807) is 0 Å². The Morgan fingerprint density at radius 2 is 1.33 bits per heavy atom. The van der Waals surface area contributed by atoms with Crippen LogP contribution < -0.4 is 0 Å². The number of ether oxygens (including phenoxy) is 6. The number of allylic oxidation sites excluding steroid dienone is 1. The van der Waals surface area contributed by atoms with Crippen LogP contribution in [0, 0.1) is 46.3 Å². The molecule has 5 aliphatic heterocycles. The third kappa shape index (κ3) is 7.42. The summed E-state index contributed by atoms with van der Waals surface area (Å²) in [6.45, 7) is 11.4. The van der Waals surface area contributed by atoms with Gasteiger partial charge < -0.3 is 74.4 Å². The van der Waals surface area contributed by atoms with Gasteiger partial charge in [0.15, 0.2) is 18.9 Å². The quantitative estimate of drug-likeness (QED) is 0.148. The van der Waals surface area contributed by atoms with Gasteiger partial charge in [0.25, 0.3) is 0 Å². The molecule has 0 bridgehead atoms. The Morgan fingerprint density at radius 1 is 0.672 bits per heavy atom. The number of aliphatic hydroxyl groups is 9. The molecule has 3 saturated carbocycles. The molecule has 16 nitrogen and oxygen atoms in total. The van der Waals surface area contributed by atoms with Crippen molar-refractivity contribution < 1.29 is 74.4 Å². The van der Waals surface area contributed by atoms with Gasteiger partial charge in [-0.05, 0) is 111 Å². The zero-order chi connectivity index (χ0) is 43.4. The summed E-state index contributed by atoms with van der Waals surface area (Å²) in [5, 5.41) is 95.8. The van der Waals surface area contributed by atoms with E-state index in [-0.39, 0.29) is 11.5 Å². The van der Waals surface area contributed by atoms with Crippen molar-refractivity contribution in [3.8, 4) is 0 Å². The highest BCUT2D eigenvalue weighted by Crippen LogP contribution is 2.70. The minimum absolute atomic E-state index is 0.00462. The van der Waals surface area contributed by atoms with Crippen LogP contribution >= 0.6 is 0 Å². The van der Waals surface area contributed by atoms with Gasteiger partial charge in [-0.15, -0.1) is 0 Å². The number of piperidine rings is 1. The Hall–Kier alpha value is -0.900. The summed E-state index contributed by atoms with van der Waals surface area (Å²) < 4.78 is 36.8. The van der Waals surface area contributed by atoms with Gasteiger partial charge >= 0.3 is 0 Å². The van der Waals surface area contributed by atoms with Gasteiger partial charge in [-0.1, -0.05) is 39.3 Å². The van der Waals surface area contributed by atoms with Crippen molar-refractivity contribution >= 4 is 0 Å². The molecule has 0 aromatic heterocycles. The lowest BCUT2D eigenvalue weighted by molar-refractivity contribution is -0.394. The molecular weight excluding hydrogens is 794 g/mol. The van der Waals surface area contributed by atoms with Gasteiger partial charge in [-0.2, -0.15) is 0 Å². The van der Waals surface area contributed by atoms with Crippen LogP contribution in [0.2, 0.25) is 0 Å². The van der Waals surface area contributed by atoms with Crippen LogP contribution in [-0.4, -0.2) is 181 Å². The molecule has 16 heteroatoms. The van der Waals surface area contributed by atoms with Crippen LogP contribution in [0.25, 0.3) is 0 Å². The van der Waals surface area contributed by atoms with E-state index < -0.39 is 105 Å². The normalized spacial score (nSPS) is 57.3. The zero-order valence-corrected chi connectivity index (χ0v) is 36.3. The van der Waals surface area contributed by atoms with Crippen molar-refractivity contribution in [2.45, 2.75) is 203 Å². The van der Waals surface area contributed by atoms with Gasteiger partial charge in [0.2, 0.25) is 0 Å². The third-order valence-corrected chi connectivity index (χ3v) is 18.0. The smallest absolute Gasteiger partial charge is 0.187 e. The standard InChI is InChI=1S/C45H73NO15/c1-19-6-9-27-20(2)31-28(46(27)16-19)15-26-24-8-7-22-14-23(10-12-44(22,4)25(24)11-13-45(26,31)5)57-43-40(61-41-37(54)35(52)32(49)21(3)56-41)39(34(51)30(18-48)59-43)60-42-38(55)36(53)33(50)29(17-47)58-42/h7,19-21,23-43,47-55H,6,8-18H2,1-5H3/t19?,20?,21?,23?,24?,25?,26?,27?,28?,29?,30?,31?,32?,33?,34?,35?,36?,37?,38?,39?,40?,41?,42?,43?,44-,45-/m0/s1. The predicted molar refractivity (Wildman–Crippen MR) is 215 cm³/mol. The van der Waals surface area contributed by atoms with Crippen LogP contribution in [0.15, 0.2) is 11.6 Å². The van der Waals surface area contributed by atoms with Crippen molar-refractivity contribution in [1.82, 2.24) is 4.90 Å². The second-order valence-electron chi connectivity index (χ2n) is 21.2. The van der Waals surface area contributed by atoms with Gasteiger partial charge in [0.1, 0.15) is 67.1 Å². The van der Waals surface area contributed by atoms with Gasteiger partial charge in [-0.3, -0.25) is 4.90 Å². The molecule has 0 radical (unpaired) electrons. The molecule has 0 aromatic rings. The predicted octanol–water partition coefficient (Wildman–Crippen LogP) is 0.155. The fourth-order valence-electron chi connectivity index (χ4n) is 14.7.